The van der Waals surface area contributed by atoms with Gasteiger partial charge in [-0.3, -0.25) is 9.88 Å². The summed E-state index contributed by atoms with van der Waals surface area (Å²) < 4.78 is 5.60. The highest BCUT2D eigenvalue weighted by molar-refractivity contribution is 5.84. The summed E-state index contributed by atoms with van der Waals surface area (Å²) >= 11 is 0. The van der Waals surface area contributed by atoms with E-state index in [2.05, 4.69) is 9.88 Å². The number of aromatic nitrogens is 1. The van der Waals surface area contributed by atoms with E-state index in [1.807, 2.05) is 0 Å². The molecule has 2 rings (SSSR count). The molecular formula is C14H18N2O3. The molecule has 0 amide bonds. The molecule has 0 saturated carbocycles. The van der Waals surface area contributed by atoms with Crippen LogP contribution >= 0.6 is 0 Å². The average molecular weight is 262 g/mol. The summed E-state index contributed by atoms with van der Waals surface area (Å²) in [5.74, 6) is -0.264. The molecule has 0 atom stereocenters. The number of pyridine rings is 1. The summed E-state index contributed by atoms with van der Waals surface area (Å²) in [5, 5.41) is 8.51. The summed E-state index contributed by atoms with van der Waals surface area (Å²) in [7, 11) is 0. The Morgan fingerprint density at radius 3 is 2.84 bits per heavy atom. The van der Waals surface area contributed by atoms with Crippen LogP contribution in [0.3, 0.4) is 0 Å². The van der Waals surface area contributed by atoms with Crippen LogP contribution in [0.25, 0.3) is 6.08 Å². The van der Waals surface area contributed by atoms with Gasteiger partial charge in [-0.15, -0.1) is 0 Å². The molecule has 0 spiro atoms. The molecule has 1 aromatic rings. The summed E-state index contributed by atoms with van der Waals surface area (Å²) in [6.45, 7) is 3.94. The number of carboxylic acid groups (broad SMARTS) is 1. The molecule has 1 saturated heterocycles. The lowest BCUT2D eigenvalue weighted by Crippen LogP contribution is -2.25. The Kier molecular flexibility index (Phi) is 4.92. The van der Waals surface area contributed by atoms with Gasteiger partial charge in [0.1, 0.15) is 12.4 Å². The Hall–Kier alpha value is -1.88. The number of rotatable bonds is 6. The molecular weight excluding hydrogens is 244 g/mol. The van der Waals surface area contributed by atoms with Gasteiger partial charge in [0.05, 0.1) is 11.9 Å². The van der Waals surface area contributed by atoms with Crippen molar-refractivity contribution in [1.82, 2.24) is 9.88 Å². The second-order valence-corrected chi connectivity index (χ2v) is 4.49. The maximum Gasteiger partial charge on any atom is 0.328 e. The molecule has 0 unspecified atom stereocenters. The van der Waals surface area contributed by atoms with Crippen LogP contribution in [0.15, 0.2) is 24.4 Å². The highest BCUT2D eigenvalue weighted by Gasteiger charge is 2.10. The van der Waals surface area contributed by atoms with Crippen LogP contribution in [0, 0.1) is 0 Å². The van der Waals surface area contributed by atoms with Crippen LogP contribution in [-0.2, 0) is 4.79 Å². The van der Waals surface area contributed by atoms with E-state index in [-0.39, 0.29) is 0 Å². The minimum atomic E-state index is -0.979. The molecule has 1 aliphatic rings. The van der Waals surface area contributed by atoms with Crippen LogP contribution in [0.4, 0.5) is 0 Å². The third-order valence-electron chi connectivity index (χ3n) is 3.03. The Morgan fingerprint density at radius 1 is 1.42 bits per heavy atom. The number of aliphatic carboxylic acids is 1. The van der Waals surface area contributed by atoms with Crippen molar-refractivity contribution in [2.45, 2.75) is 12.8 Å². The lowest BCUT2D eigenvalue weighted by atomic mass is 10.3. The van der Waals surface area contributed by atoms with E-state index in [0.29, 0.717) is 18.1 Å². The third-order valence-corrected chi connectivity index (χ3v) is 3.03. The van der Waals surface area contributed by atoms with E-state index in [9.17, 15) is 4.79 Å². The van der Waals surface area contributed by atoms with Gasteiger partial charge in [0.25, 0.3) is 0 Å². The summed E-state index contributed by atoms with van der Waals surface area (Å²) in [6, 6.07) is 3.54. The number of hydrogen-bond donors (Lipinski definition) is 1. The van der Waals surface area contributed by atoms with Crippen LogP contribution in [-0.4, -0.2) is 47.2 Å². The van der Waals surface area contributed by atoms with Gasteiger partial charge in [0.15, 0.2) is 0 Å². The average Bonchev–Trinajstić information content (AvgIpc) is 2.91. The summed E-state index contributed by atoms with van der Waals surface area (Å²) in [6.07, 6.45) is 6.70. The standard InChI is InChI=1S/C14H18N2O3/c17-14(18)6-4-12-3-5-13(11-15-12)19-10-9-16-7-1-2-8-16/h3-6,11H,1-2,7-10H2,(H,17,18)/b6-4+. The van der Waals surface area contributed by atoms with Crippen LogP contribution < -0.4 is 4.74 Å². The van der Waals surface area contributed by atoms with Crippen molar-refractivity contribution in [1.29, 1.82) is 0 Å². The monoisotopic (exact) mass is 262 g/mol. The van der Waals surface area contributed by atoms with Gasteiger partial charge in [-0.1, -0.05) is 0 Å². The largest absolute Gasteiger partial charge is 0.491 e. The lowest BCUT2D eigenvalue weighted by Gasteiger charge is -2.14. The van der Waals surface area contributed by atoms with Gasteiger partial charge >= 0.3 is 5.97 Å². The fourth-order valence-corrected chi connectivity index (χ4v) is 2.03. The number of nitrogens with zero attached hydrogens (tertiary/aromatic N) is 2. The number of hydrogen-bond acceptors (Lipinski definition) is 4. The molecule has 1 N–H and O–H groups in total. The molecule has 5 heteroatoms. The number of carboxylic acids is 1. The Labute approximate surface area is 112 Å². The fourth-order valence-electron chi connectivity index (χ4n) is 2.03. The zero-order valence-corrected chi connectivity index (χ0v) is 10.8. The molecule has 0 radical (unpaired) electrons. The molecule has 2 heterocycles. The normalized spacial score (nSPS) is 16.0. The van der Waals surface area contributed by atoms with E-state index >= 15 is 0 Å². The van der Waals surface area contributed by atoms with Crippen molar-refractivity contribution in [3.8, 4) is 5.75 Å². The van der Waals surface area contributed by atoms with Crippen LogP contribution in [0.2, 0.25) is 0 Å². The van der Waals surface area contributed by atoms with Crippen LogP contribution in [0.5, 0.6) is 5.75 Å². The highest BCUT2D eigenvalue weighted by atomic mass is 16.5. The lowest BCUT2D eigenvalue weighted by molar-refractivity contribution is -0.131. The van der Waals surface area contributed by atoms with Gasteiger partial charge in [-0.2, -0.15) is 0 Å². The van der Waals surface area contributed by atoms with Gasteiger partial charge in [0, 0.05) is 12.6 Å². The zero-order chi connectivity index (χ0) is 13.5. The van der Waals surface area contributed by atoms with Crippen molar-refractivity contribution < 1.29 is 14.6 Å². The molecule has 102 valence electrons. The number of carbonyl (C=O) groups is 1. The second-order valence-electron chi connectivity index (χ2n) is 4.49. The van der Waals surface area contributed by atoms with Crippen molar-refractivity contribution in [2.75, 3.05) is 26.2 Å². The molecule has 1 aliphatic heterocycles. The SMILES string of the molecule is O=C(O)/C=C/c1ccc(OCCN2CCCC2)cn1. The number of ether oxygens (including phenoxy) is 1. The summed E-state index contributed by atoms with van der Waals surface area (Å²) in [5.41, 5.74) is 0.606. The van der Waals surface area contributed by atoms with Crippen molar-refractivity contribution in [3.05, 3.63) is 30.1 Å². The van der Waals surface area contributed by atoms with E-state index in [1.54, 1.807) is 18.3 Å². The Bertz CT molecular complexity index is 437. The van der Waals surface area contributed by atoms with Crippen molar-refractivity contribution >= 4 is 12.0 Å². The quantitative estimate of drug-likeness (QED) is 0.790. The predicted molar refractivity (Wildman–Crippen MR) is 72.1 cm³/mol. The molecule has 1 fully saturated rings. The van der Waals surface area contributed by atoms with E-state index in [4.69, 9.17) is 9.84 Å². The fraction of sp³-hybridized carbons (Fsp3) is 0.429. The van der Waals surface area contributed by atoms with Gasteiger partial charge in [0.2, 0.25) is 0 Å². The van der Waals surface area contributed by atoms with E-state index in [1.165, 1.54) is 32.0 Å². The van der Waals surface area contributed by atoms with E-state index in [0.717, 1.165) is 12.6 Å². The minimum absolute atomic E-state index is 0.606. The second kappa shape index (κ2) is 6.89. The minimum Gasteiger partial charge on any atom is -0.491 e. The highest BCUT2D eigenvalue weighted by Crippen LogP contribution is 2.11. The van der Waals surface area contributed by atoms with E-state index < -0.39 is 5.97 Å². The third kappa shape index (κ3) is 4.71. The molecule has 0 aliphatic carbocycles. The maximum atomic E-state index is 10.4. The maximum absolute atomic E-state index is 10.4. The van der Waals surface area contributed by atoms with Gasteiger partial charge < -0.3 is 9.84 Å². The van der Waals surface area contributed by atoms with Crippen molar-refractivity contribution in [2.24, 2.45) is 0 Å². The molecule has 19 heavy (non-hydrogen) atoms. The predicted octanol–water partition coefficient (Wildman–Crippen LogP) is 1.65. The smallest absolute Gasteiger partial charge is 0.328 e. The molecule has 0 bridgehead atoms. The number of likely N-dealkylation sites (tertiary alicyclic amines) is 1. The van der Waals surface area contributed by atoms with Gasteiger partial charge in [-0.25, -0.2) is 4.79 Å². The zero-order valence-electron chi connectivity index (χ0n) is 10.8. The van der Waals surface area contributed by atoms with Gasteiger partial charge in [-0.05, 0) is 44.1 Å². The first-order chi connectivity index (χ1) is 9.24. The first-order valence-corrected chi connectivity index (χ1v) is 6.46. The topological polar surface area (TPSA) is 62.7 Å². The Balaban J connectivity index is 1.76. The van der Waals surface area contributed by atoms with Crippen LogP contribution in [0.1, 0.15) is 18.5 Å². The first-order valence-electron chi connectivity index (χ1n) is 6.46. The molecule has 1 aromatic heterocycles. The summed E-state index contributed by atoms with van der Waals surface area (Å²) in [4.78, 5) is 16.9. The Morgan fingerprint density at radius 2 is 2.21 bits per heavy atom. The molecule has 5 nitrogen and oxygen atoms in total. The first kappa shape index (κ1) is 13.5. The van der Waals surface area contributed by atoms with Crippen molar-refractivity contribution in [3.63, 3.8) is 0 Å². The molecule has 0 aromatic carbocycles.